The molecule has 4 aliphatic rings. The summed E-state index contributed by atoms with van der Waals surface area (Å²) in [5.74, 6) is 1.90. The highest BCUT2D eigenvalue weighted by atomic mass is 16.5. The molecule has 26 heavy (non-hydrogen) atoms. The quantitative estimate of drug-likeness (QED) is 0.841. The zero-order valence-electron chi connectivity index (χ0n) is 15.0. The molecule has 5 rings (SSSR count). The Kier molecular flexibility index (Phi) is 4.44. The average molecular weight is 352 g/mol. The number of ether oxygens (including phenoxy) is 1. The highest BCUT2D eigenvalue weighted by molar-refractivity contribution is 5.95. The van der Waals surface area contributed by atoms with Crippen molar-refractivity contribution >= 4 is 17.6 Å². The number of amides is 1. The van der Waals surface area contributed by atoms with Crippen molar-refractivity contribution in [1.82, 2.24) is 0 Å². The van der Waals surface area contributed by atoms with Crippen molar-refractivity contribution in [3.8, 4) is 6.07 Å². The van der Waals surface area contributed by atoms with Crippen LogP contribution in [0.4, 0.5) is 5.69 Å². The van der Waals surface area contributed by atoms with Crippen molar-refractivity contribution in [1.29, 1.82) is 5.26 Å². The molecule has 136 valence electrons. The van der Waals surface area contributed by atoms with Crippen LogP contribution < -0.4 is 5.32 Å². The molecule has 0 spiro atoms. The fourth-order valence-electron chi connectivity index (χ4n) is 5.53. The number of nitrogens with zero attached hydrogens (tertiary/aromatic N) is 1. The van der Waals surface area contributed by atoms with Crippen molar-refractivity contribution < 1.29 is 14.3 Å². The fourth-order valence-corrected chi connectivity index (χ4v) is 5.53. The second-order valence-corrected chi connectivity index (χ2v) is 8.22. The normalized spacial score (nSPS) is 32.5. The lowest BCUT2D eigenvalue weighted by atomic mass is 9.52. The standard InChI is InChI=1S/C21H24N2O3/c1-12(20(24)23-18-4-2-3-13(10-18)11-22)26-21(25)19-16-6-14-5-15(8-16)9-17(19)7-14/h2-4,10,12,14-17,19H,5-9H2,1H3,(H,23,24)/t12-,14?,15?,16?,17?,19?/m1/s1. The van der Waals surface area contributed by atoms with Gasteiger partial charge in [0.1, 0.15) is 0 Å². The molecule has 1 atom stereocenters. The molecule has 0 aromatic heterocycles. The summed E-state index contributed by atoms with van der Waals surface area (Å²) in [5, 5.41) is 11.7. The first-order valence-electron chi connectivity index (χ1n) is 9.55. The molecule has 4 bridgehead atoms. The summed E-state index contributed by atoms with van der Waals surface area (Å²) in [7, 11) is 0. The Hall–Kier alpha value is -2.35. The van der Waals surface area contributed by atoms with Gasteiger partial charge in [-0.05, 0) is 80.9 Å². The second kappa shape index (κ2) is 6.75. The summed E-state index contributed by atoms with van der Waals surface area (Å²) < 4.78 is 5.55. The first kappa shape index (κ1) is 17.1. The van der Waals surface area contributed by atoms with Crippen molar-refractivity contribution in [2.75, 3.05) is 5.32 Å². The van der Waals surface area contributed by atoms with Gasteiger partial charge in [0.25, 0.3) is 5.91 Å². The first-order chi connectivity index (χ1) is 12.5. The van der Waals surface area contributed by atoms with Gasteiger partial charge in [0.15, 0.2) is 6.10 Å². The van der Waals surface area contributed by atoms with Crippen LogP contribution in [0.5, 0.6) is 0 Å². The lowest BCUT2D eigenvalue weighted by Gasteiger charge is -2.53. The first-order valence-corrected chi connectivity index (χ1v) is 9.55. The highest BCUT2D eigenvalue weighted by Gasteiger charge is 2.51. The van der Waals surface area contributed by atoms with Crippen LogP contribution in [0.15, 0.2) is 24.3 Å². The Labute approximate surface area is 153 Å². The van der Waals surface area contributed by atoms with E-state index in [1.165, 1.54) is 6.42 Å². The van der Waals surface area contributed by atoms with Crippen LogP contribution in [0, 0.1) is 40.9 Å². The molecule has 4 saturated carbocycles. The maximum Gasteiger partial charge on any atom is 0.310 e. The summed E-state index contributed by atoms with van der Waals surface area (Å²) in [5.41, 5.74) is 1.01. The van der Waals surface area contributed by atoms with Crippen LogP contribution >= 0.6 is 0 Å². The molecular formula is C21H24N2O3. The SMILES string of the molecule is C[C@@H](OC(=O)C1C2CC3CC(C2)CC1C3)C(=O)Nc1cccc(C#N)c1. The molecule has 0 heterocycles. The second-order valence-electron chi connectivity index (χ2n) is 8.22. The smallest absolute Gasteiger partial charge is 0.310 e. The van der Waals surface area contributed by atoms with E-state index in [0.29, 0.717) is 23.1 Å². The predicted molar refractivity (Wildman–Crippen MR) is 95.9 cm³/mol. The van der Waals surface area contributed by atoms with E-state index in [2.05, 4.69) is 5.32 Å². The van der Waals surface area contributed by atoms with Crippen molar-refractivity contribution in [3.05, 3.63) is 29.8 Å². The van der Waals surface area contributed by atoms with Gasteiger partial charge >= 0.3 is 5.97 Å². The third-order valence-electron chi connectivity index (χ3n) is 6.42. The van der Waals surface area contributed by atoms with Gasteiger partial charge < -0.3 is 10.1 Å². The Morgan fingerprint density at radius 2 is 1.81 bits per heavy atom. The number of benzene rings is 1. The minimum atomic E-state index is -0.842. The molecule has 1 amide bonds. The van der Waals surface area contributed by atoms with Crippen molar-refractivity contribution in [2.24, 2.45) is 29.6 Å². The van der Waals surface area contributed by atoms with E-state index in [1.807, 2.05) is 6.07 Å². The van der Waals surface area contributed by atoms with Crippen LogP contribution in [0.3, 0.4) is 0 Å². The van der Waals surface area contributed by atoms with E-state index >= 15 is 0 Å². The Bertz CT molecular complexity index is 739. The maximum atomic E-state index is 12.8. The zero-order chi connectivity index (χ0) is 18.3. The summed E-state index contributed by atoms with van der Waals surface area (Å²) in [6.45, 7) is 1.61. The van der Waals surface area contributed by atoms with Crippen LogP contribution in [0.2, 0.25) is 0 Å². The van der Waals surface area contributed by atoms with Gasteiger partial charge in [-0.15, -0.1) is 0 Å². The van der Waals surface area contributed by atoms with E-state index in [0.717, 1.165) is 37.5 Å². The summed E-state index contributed by atoms with van der Waals surface area (Å²) in [6, 6.07) is 8.73. The highest BCUT2D eigenvalue weighted by Crippen LogP contribution is 2.56. The number of nitriles is 1. The molecule has 0 saturated heterocycles. The van der Waals surface area contributed by atoms with E-state index < -0.39 is 6.10 Å². The van der Waals surface area contributed by atoms with Crippen LogP contribution in [0.25, 0.3) is 0 Å². The summed E-state index contributed by atoms with van der Waals surface area (Å²) in [6.07, 6.45) is 5.09. The molecule has 0 radical (unpaired) electrons. The van der Waals surface area contributed by atoms with Gasteiger partial charge in [-0.25, -0.2) is 0 Å². The summed E-state index contributed by atoms with van der Waals surface area (Å²) in [4.78, 5) is 25.1. The molecule has 0 aliphatic heterocycles. The molecular weight excluding hydrogens is 328 g/mol. The van der Waals surface area contributed by atoms with Crippen LogP contribution in [-0.2, 0) is 14.3 Å². The number of carbonyl (C=O) groups excluding carboxylic acids is 2. The van der Waals surface area contributed by atoms with E-state index in [9.17, 15) is 9.59 Å². The number of esters is 1. The lowest BCUT2D eigenvalue weighted by molar-refractivity contribution is -0.169. The zero-order valence-corrected chi connectivity index (χ0v) is 15.0. The number of anilines is 1. The van der Waals surface area contributed by atoms with E-state index in [-0.39, 0.29) is 17.8 Å². The van der Waals surface area contributed by atoms with Crippen molar-refractivity contribution in [2.45, 2.75) is 45.1 Å². The average Bonchev–Trinajstić information content (AvgIpc) is 2.60. The molecule has 1 aromatic rings. The van der Waals surface area contributed by atoms with Crippen molar-refractivity contribution in [3.63, 3.8) is 0 Å². The van der Waals surface area contributed by atoms with Gasteiger partial charge in [-0.1, -0.05) is 6.07 Å². The van der Waals surface area contributed by atoms with Crippen LogP contribution in [-0.4, -0.2) is 18.0 Å². The molecule has 0 unspecified atom stereocenters. The fraction of sp³-hybridized carbons (Fsp3) is 0.571. The number of carbonyl (C=O) groups is 2. The molecule has 4 fully saturated rings. The number of nitrogens with one attached hydrogen (secondary N) is 1. The minimum Gasteiger partial charge on any atom is -0.452 e. The number of rotatable bonds is 4. The third-order valence-corrected chi connectivity index (χ3v) is 6.42. The maximum absolute atomic E-state index is 12.8. The van der Waals surface area contributed by atoms with Gasteiger partial charge in [0.05, 0.1) is 17.6 Å². The van der Waals surface area contributed by atoms with Gasteiger partial charge in [0.2, 0.25) is 0 Å². The Morgan fingerprint density at radius 1 is 1.15 bits per heavy atom. The largest absolute Gasteiger partial charge is 0.452 e. The lowest BCUT2D eigenvalue weighted by Crippen LogP contribution is -2.49. The van der Waals surface area contributed by atoms with E-state index in [1.54, 1.807) is 31.2 Å². The monoisotopic (exact) mass is 352 g/mol. The summed E-state index contributed by atoms with van der Waals surface area (Å²) >= 11 is 0. The third kappa shape index (κ3) is 3.21. The number of hydrogen-bond acceptors (Lipinski definition) is 4. The Morgan fingerprint density at radius 3 is 2.42 bits per heavy atom. The molecule has 1 aromatic carbocycles. The molecule has 4 aliphatic carbocycles. The van der Waals surface area contributed by atoms with Crippen LogP contribution in [0.1, 0.15) is 44.6 Å². The predicted octanol–water partition coefficient (Wildman–Crippen LogP) is 3.50. The van der Waals surface area contributed by atoms with Gasteiger partial charge in [0, 0.05) is 5.69 Å². The minimum absolute atomic E-state index is 0.0278. The van der Waals surface area contributed by atoms with Gasteiger partial charge in [-0.3, -0.25) is 9.59 Å². The molecule has 5 heteroatoms. The van der Waals surface area contributed by atoms with E-state index in [4.69, 9.17) is 10.00 Å². The molecule has 5 nitrogen and oxygen atoms in total. The van der Waals surface area contributed by atoms with Gasteiger partial charge in [-0.2, -0.15) is 5.26 Å². The number of hydrogen-bond donors (Lipinski definition) is 1. The topological polar surface area (TPSA) is 79.2 Å². The molecule has 1 N–H and O–H groups in total. The Balaban J connectivity index is 1.36.